The highest BCUT2D eigenvalue weighted by atomic mass is 32.1. The highest BCUT2D eigenvalue weighted by Gasteiger charge is 2.18. The first-order valence-corrected chi connectivity index (χ1v) is 8.73. The minimum absolute atomic E-state index is 0.0830. The van der Waals surface area contributed by atoms with E-state index in [4.69, 9.17) is 5.73 Å². The van der Waals surface area contributed by atoms with Gasteiger partial charge in [-0.05, 0) is 32.4 Å². The molecule has 1 amide bonds. The Balaban J connectivity index is 1.86. The van der Waals surface area contributed by atoms with Crippen molar-refractivity contribution in [2.24, 2.45) is 5.73 Å². The number of rotatable bonds is 5. The van der Waals surface area contributed by atoms with Gasteiger partial charge in [-0.1, -0.05) is 30.3 Å². The Kier molecular flexibility index (Phi) is 4.43. The van der Waals surface area contributed by atoms with Crippen LogP contribution in [0.15, 0.2) is 36.4 Å². The zero-order chi connectivity index (χ0) is 17.3. The van der Waals surface area contributed by atoms with Gasteiger partial charge in [0.2, 0.25) is 0 Å². The maximum atomic E-state index is 12.4. The lowest BCUT2D eigenvalue weighted by Gasteiger charge is -2.18. The van der Waals surface area contributed by atoms with Crippen LogP contribution < -0.4 is 11.1 Å². The number of thiophene rings is 1. The molecule has 5 nitrogen and oxygen atoms in total. The molecule has 0 bridgehead atoms. The van der Waals surface area contributed by atoms with Crippen molar-refractivity contribution in [3.63, 3.8) is 0 Å². The van der Waals surface area contributed by atoms with Crippen LogP contribution in [-0.4, -0.2) is 27.8 Å². The molecule has 6 heteroatoms. The van der Waals surface area contributed by atoms with E-state index in [0.29, 0.717) is 18.0 Å². The summed E-state index contributed by atoms with van der Waals surface area (Å²) in [6.45, 7) is 6.89. The van der Waals surface area contributed by atoms with E-state index in [1.807, 2.05) is 49.7 Å². The average Bonchev–Trinajstić information content (AvgIpc) is 3.07. The van der Waals surface area contributed by atoms with Crippen molar-refractivity contribution in [1.29, 1.82) is 0 Å². The van der Waals surface area contributed by atoms with Gasteiger partial charge in [0, 0.05) is 17.5 Å². The molecule has 0 fully saturated rings. The molecule has 0 aliphatic heterocycles. The fraction of sp³-hybridized carbons (Fsp3) is 0.333. The molecule has 126 valence electrons. The molecule has 3 N–H and O–H groups in total. The normalized spacial score (nSPS) is 11.8. The minimum Gasteiger partial charge on any atom is -0.350 e. The number of nitrogens with one attached hydrogen (secondary N) is 1. The number of nitrogens with two attached hydrogens (primary N) is 1. The summed E-state index contributed by atoms with van der Waals surface area (Å²) in [6.07, 6.45) is 0. The summed E-state index contributed by atoms with van der Waals surface area (Å²) < 4.78 is 1.97. The zero-order valence-electron chi connectivity index (χ0n) is 14.2. The first kappa shape index (κ1) is 16.7. The van der Waals surface area contributed by atoms with Crippen LogP contribution in [0.1, 0.15) is 34.8 Å². The summed E-state index contributed by atoms with van der Waals surface area (Å²) >= 11 is 1.47. The fourth-order valence-electron chi connectivity index (χ4n) is 2.48. The number of fused-ring (bicyclic) bond motifs is 1. The third-order valence-corrected chi connectivity index (χ3v) is 4.86. The van der Waals surface area contributed by atoms with Crippen molar-refractivity contribution >= 4 is 27.5 Å². The minimum atomic E-state index is -0.424. The summed E-state index contributed by atoms with van der Waals surface area (Å²) in [4.78, 5) is 14.1. The topological polar surface area (TPSA) is 72.9 Å². The number of carbonyl (C=O) groups excluding carboxylic acids is 1. The lowest BCUT2D eigenvalue weighted by molar-refractivity contribution is 0.0950. The summed E-state index contributed by atoms with van der Waals surface area (Å²) in [5.74, 6) is -0.0830. The average molecular weight is 342 g/mol. The van der Waals surface area contributed by atoms with Crippen LogP contribution in [0, 0.1) is 6.92 Å². The van der Waals surface area contributed by atoms with Crippen LogP contribution in [0.2, 0.25) is 0 Å². The van der Waals surface area contributed by atoms with Crippen LogP contribution in [0.4, 0.5) is 0 Å². The van der Waals surface area contributed by atoms with Crippen LogP contribution in [-0.2, 0) is 6.54 Å². The van der Waals surface area contributed by atoms with Gasteiger partial charge in [0.15, 0.2) is 0 Å². The number of hydrogen-bond acceptors (Lipinski definition) is 4. The van der Waals surface area contributed by atoms with Crippen molar-refractivity contribution < 1.29 is 4.79 Å². The summed E-state index contributed by atoms with van der Waals surface area (Å²) in [6, 6.07) is 12.1. The van der Waals surface area contributed by atoms with Crippen LogP contribution in [0.25, 0.3) is 10.2 Å². The SMILES string of the molecule is Cc1nn(Cc2ccccc2)c2sc(C(=O)NCC(C)(C)N)cc12. The monoisotopic (exact) mass is 342 g/mol. The Labute approximate surface area is 145 Å². The smallest absolute Gasteiger partial charge is 0.261 e. The maximum Gasteiger partial charge on any atom is 0.261 e. The van der Waals surface area contributed by atoms with E-state index in [2.05, 4.69) is 22.5 Å². The summed E-state index contributed by atoms with van der Waals surface area (Å²) in [7, 11) is 0. The van der Waals surface area contributed by atoms with Gasteiger partial charge in [0.05, 0.1) is 17.1 Å². The number of aromatic nitrogens is 2. The Bertz CT molecular complexity index is 858. The first-order valence-electron chi connectivity index (χ1n) is 7.91. The number of nitrogens with zero attached hydrogens (tertiary/aromatic N) is 2. The van der Waals surface area contributed by atoms with Crippen molar-refractivity contribution in [1.82, 2.24) is 15.1 Å². The quantitative estimate of drug-likeness (QED) is 0.749. The molecule has 1 aromatic carbocycles. The number of carbonyl (C=O) groups is 1. The number of amides is 1. The maximum absolute atomic E-state index is 12.4. The van der Waals surface area contributed by atoms with Gasteiger partial charge < -0.3 is 11.1 Å². The highest BCUT2D eigenvalue weighted by Crippen LogP contribution is 2.28. The van der Waals surface area contributed by atoms with Crippen molar-refractivity contribution in [2.75, 3.05) is 6.54 Å². The standard InChI is InChI=1S/C18H22N4OS/c1-12-14-9-15(16(23)20-11-18(2,3)19)24-17(14)22(21-12)10-13-7-5-4-6-8-13/h4-9H,10-11,19H2,1-3H3,(H,20,23). The van der Waals surface area contributed by atoms with Gasteiger partial charge >= 0.3 is 0 Å². The van der Waals surface area contributed by atoms with Gasteiger partial charge in [-0.15, -0.1) is 11.3 Å². The van der Waals surface area contributed by atoms with E-state index in [1.54, 1.807) is 0 Å². The van der Waals surface area contributed by atoms with E-state index in [0.717, 1.165) is 15.9 Å². The van der Waals surface area contributed by atoms with Gasteiger partial charge in [-0.3, -0.25) is 9.48 Å². The summed E-state index contributed by atoms with van der Waals surface area (Å²) in [5, 5.41) is 8.54. The van der Waals surface area contributed by atoms with E-state index in [-0.39, 0.29) is 5.91 Å². The Morgan fingerprint density at radius 2 is 2.04 bits per heavy atom. The van der Waals surface area contributed by atoms with E-state index in [9.17, 15) is 4.79 Å². The van der Waals surface area contributed by atoms with E-state index >= 15 is 0 Å². The largest absolute Gasteiger partial charge is 0.350 e. The molecule has 3 aromatic rings. The molecule has 3 rings (SSSR count). The first-order chi connectivity index (χ1) is 11.3. The second kappa shape index (κ2) is 6.37. The van der Waals surface area contributed by atoms with E-state index in [1.165, 1.54) is 16.9 Å². The molecule has 24 heavy (non-hydrogen) atoms. The molecule has 0 unspecified atom stereocenters. The molecule has 2 heterocycles. The number of aryl methyl sites for hydroxylation is 1. The molecule has 0 atom stereocenters. The summed E-state index contributed by atoms with van der Waals surface area (Å²) in [5.41, 5.74) is 7.63. The molecule has 2 aromatic heterocycles. The van der Waals surface area contributed by atoms with Gasteiger partial charge in [0.1, 0.15) is 4.83 Å². The molecule has 0 radical (unpaired) electrons. The second-order valence-corrected chi connectivity index (χ2v) is 7.76. The molecule has 0 saturated heterocycles. The molecule has 0 aliphatic carbocycles. The third kappa shape index (κ3) is 3.66. The van der Waals surface area contributed by atoms with Crippen molar-refractivity contribution in [3.8, 4) is 0 Å². The highest BCUT2D eigenvalue weighted by molar-refractivity contribution is 7.20. The zero-order valence-corrected chi connectivity index (χ0v) is 15.0. The lowest BCUT2D eigenvalue weighted by atomic mass is 10.1. The van der Waals surface area contributed by atoms with Gasteiger partial charge in [-0.25, -0.2) is 0 Å². The van der Waals surface area contributed by atoms with Crippen LogP contribution in [0.3, 0.4) is 0 Å². The lowest BCUT2D eigenvalue weighted by Crippen LogP contribution is -2.44. The third-order valence-electron chi connectivity index (χ3n) is 3.71. The Morgan fingerprint density at radius 1 is 1.33 bits per heavy atom. The number of hydrogen-bond donors (Lipinski definition) is 2. The van der Waals surface area contributed by atoms with E-state index < -0.39 is 5.54 Å². The Hall–Kier alpha value is -2.18. The Morgan fingerprint density at radius 3 is 2.71 bits per heavy atom. The van der Waals surface area contributed by atoms with Crippen LogP contribution >= 0.6 is 11.3 Å². The molecular weight excluding hydrogens is 320 g/mol. The molecule has 0 saturated carbocycles. The van der Waals surface area contributed by atoms with Crippen LogP contribution in [0.5, 0.6) is 0 Å². The number of benzene rings is 1. The van der Waals surface area contributed by atoms with Crippen molar-refractivity contribution in [2.45, 2.75) is 32.9 Å². The van der Waals surface area contributed by atoms with Gasteiger partial charge in [0.25, 0.3) is 5.91 Å². The molecular formula is C18H22N4OS. The van der Waals surface area contributed by atoms with Crippen molar-refractivity contribution in [3.05, 3.63) is 52.5 Å². The molecule has 0 aliphatic rings. The predicted octanol–water partition coefficient (Wildman–Crippen LogP) is 2.92. The predicted molar refractivity (Wildman–Crippen MR) is 98.5 cm³/mol. The second-order valence-electron chi connectivity index (χ2n) is 6.73. The molecule has 0 spiro atoms. The van der Waals surface area contributed by atoms with Gasteiger partial charge in [-0.2, -0.15) is 5.10 Å². The fourth-order valence-corrected chi connectivity index (χ4v) is 3.56.